The highest BCUT2D eigenvalue weighted by Gasteiger charge is 2.27. The molecule has 1 fully saturated rings. The van der Waals surface area contributed by atoms with Crippen LogP contribution in [-0.2, 0) is 0 Å². The normalized spacial score (nSPS) is 27.1. The van der Waals surface area contributed by atoms with Gasteiger partial charge in [0.2, 0.25) is 0 Å². The lowest BCUT2D eigenvalue weighted by Gasteiger charge is -2.35. The average Bonchev–Trinajstić information content (AvgIpc) is 2.48. The molecule has 3 rings (SSSR count). The lowest BCUT2D eigenvalue weighted by molar-refractivity contribution is 0.260. The third kappa shape index (κ3) is 2.87. The van der Waals surface area contributed by atoms with Crippen molar-refractivity contribution in [3.63, 3.8) is 0 Å². The summed E-state index contributed by atoms with van der Waals surface area (Å²) in [4.78, 5) is 0. The Labute approximate surface area is 115 Å². The van der Waals surface area contributed by atoms with Crippen molar-refractivity contribution < 1.29 is 0 Å². The molecule has 2 atom stereocenters. The zero-order valence-electron chi connectivity index (χ0n) is 11.4. The molecule has 2 aromatic carbocycles. The van der Waals surface area contributed by atoms with Crippen LogP contribution in [0.3, 0.4) is 0 Å². The quantitative estimate of drug-likeness (QED) is 0.829. The Kier molecular flexibility index (Phi) is 3.65. The van der Waals surface area contributed by atoms with E-state index in [1.807, 2.05) is 0 Å². The molecule has 1 nitrogen and oxygen atoms in total. The van der Waals surface area contributed by atoms with E-state index in [9.17, 15) is 0 Å². The van der Waals surface area contributed by atoms with Gasteiger partial charge < -0.3 is 5.32 Å². The fourth-order valence-electron chi connectivity index (χ4n) is 3.12. The summed E-state index contributed by atoms with van der Waals surface area (Å²) in [5.74, 6) is 0.761. The number of benzene rings is 2. The van der Waals surface area contributed by atoms with Gasteiger partial charge >= 0.3 is 0 Å². The second kappa shape index (κ2) is 5.58. The summed E-state index contributed by atoms with van der Waals surface area (Å²) in [6.07, 6.45) is 2.46. The first-order chi connectivity index (χ1) is 9.33. The third-order valence-electron chi connectivity index (χ3n) is 4.08. The van der Waals surface area contributed by atoms with Gasteiger partial charge in [-0.25, -0.2) is 0 Å². The highest BCUT2D eigenvalue weighted by Crippen LogP contribution is 2.35. The van der Waals surface area contributed by atoms with E-state index in [4.69, 9.17) is 0 Å². The molecule has 1 N–H and O–H groups in total. The Morgan fingerprint density at radius 3 is 1.58 bits per heavy atom. The molecule has 1 heteroatoms. The van der Waals surface area contributed by atoms with Crippen molar-refractivity contribution in [3.8, 4) is 0 Å². The van der Waals surface area contributed by atoms with Gasteiger partial charge in [-0.1, -0.05) is 67.6 Å². The van der Waals surface area contributed by atoms with Crippen LogP contribution in [0.15, 0.2) is 60.7 Å². The van der Waals surface area contributed by atoms with E-state index in [0.29, 0.717) is 12.1 Å². The molecule has 2 unspecified atom stereocenters. The van der Waals surface area contributed by atoms with Crippen LogP contribution in [0.25, 0.3) is 0 Å². The smallest absolute Gasteiger partial charge is 0.0328 e. The van der Waals surface area contributed by atoms with Crippen LogP contribution in [0, 0.1) is 5.92 Å². The molecule has 0 bridgehead atoms. The second-order valence-electron chi connectivity index (χ2n) is 5.67. The summed E-state index contributed by atoms with van der Waals surface area (Å²) >= 11 is 0. The van der Waals surface area contributed by atoms with Gasteiger partial charge in [0.25, 0.3) is 0 Å². The molecule has 0 radical (unpaired) electrons. The zero-order valence-corrected chi connectivity index (χ0v) is 11.4. The Bertz CT molecular complexity index is 458. The molecule has 0 amide bonds. The van der Waals surface area contributed by atoms with Gasteiger partial charge in [0.15, 0.2) is 0 Å². The van der Waals surface area contributed by atoms with Crippen LogP contribution >= 0.6 is 0 Å². The lowest BCUT2D eigenvalue weighted by Crippen LogP contribution is -2.34. The number of rotatable bonds is 2. The number of hydrogen-bond donors (Lipinski definition) is 1. The van der Waals surface area contributed by atoms with E-state index < -0.39 is 0 Å². The fourth-order valence-corrected chi connectivity index (χ4v) is 3.12. The van der Waals surface area contributed by atoms with Crippen molar-refractivity contribution in [2.45, 2.75) is 31.8 Å². The van der Waals surface area contributed by atoms with Crippen molar-refractivity contribution in [2.75, 3.05) is 0 Å². The van der Waals surface area contributed by atoms with Gasteiger partial charge in [0.1, 0.15) is 0 Å². The predicted octanol–water partition coefficient (Wildman–Crippen LogP) is 4.49. The molecule has 0 aliphatic carbocycles. The first-order valence-corrected chi connectivity index (χ1v) is 7.19. The van der Waals surface area contributed by atoms with Gasteiger partial charge in [0.05, 0.1) is 0 Å². The molecule has 0 aromatic heterocycles. The summed E-state index contributed by atoms with van der Waals surface area (Å²) < 4.78 is 0. The van der Waals surface area contributed by atoms with Crippen LogP contribution < -0.4 is 5.32 Å². The fraction of sp³-hybridized carbons (Fsp3) is 0.333. The van der Waals surface area contributed by atoms with Gasteiger partial charge in [-0.05, 0) is 29.9 Å². The van der Waals surface area contributed by atoms with Crippen LogP contribution in [0.4, 0.5) is 0 Å². The third-order valence-corrected chi connectivity index (χ3v) is 4.08. The largest absolute Gasteiger partial charge is 0.303 e. The Morgan fingerprint density at radius 1 is 0.737 bits per heavy atom. The van der Waals surface area contributed by atoms with E-state index in [2.05, 4.69) is 72.9 Å². The Balaban J connectivity index is 1.82. The van der Waals surface area contributed by atoms with Crippen LogP contribution in [-0.4, -0.2) is 0 Å². The maximum Gasteiger partial charge on any atom is 0.0328 e. The molecular weight excluding hydrogens is 230 g/mol. The van der Waals surface area contributed by atoms with E-state index in [1.54, 1.807) is 0 Å². The minimum atomic E-state index is 0.482. The van der Waals surface area contributed by atoms with E-state index in [0.717, 1.165) is 5.92 Å². The molecule has 1 aliphatic heterocycles. The molecule has 0 saturated carbocycles. The SMILES string of the molecule is CC1CC(c2ccccc2)NC(c2ccccc2)C1. The van der Waals surface area contributed by atoms with Gasteiger partial charge in [0, 0.05) is 12.1 Å². The topological polar surface area (TPSA) is 12.0 Å². The highest BCUT2D eigenvalue weighted by atomic mass is 15.0. The van der Waals surface area contributed by atoms with Crippen molar-refractivity contribution in [1.29, 1.82) is 0 Å². The predicted molar refractivity (Wildman–Crippen MR) is 79.9 cm³/mol. The standard InChI is InChI=1S/C18H21N/c1-14-12-17(15-8-4-2-5-9-15)19-18(13-14)16-10-6-3-7-11-16/h2-11,14,17-19H,12-13H2,1H3. The van der Waals surface area contributed by atoms with E-state index in [1.165, 1.54) is 24.0 Å². The van der Waals surface area contributed by atoms with Crippen LogP contribution in [0.2, 0.25) is 0 Å². The van der Waals surface area contributed by atoms with Gasteiger partial charge in [-0.3, -0.25) is 0 Å². The zero-order chi connectivity index (χ0) is 13.1. The van der Waals surface area contributed by atoms with Crippen LogP contribution in [0.5, 0.6) is 0 Å². The highest BCUT2D eigenvalue weighted by molar-refractivity contribution is 5.24. The molecule has 1 saturated heterocycles. The average molecular weight is 251 g/mol. The molecule has 0 spiro atoms. The molecule has 19 heavy (non-hydrogen) atoms. The molecule has 1 heterocycles. The minimum Gasteiger partial charge on any atom is -0.303 e. The molecule has 98 valence electrons. The van der Waals surface area contributed by atoms with Gasteiger partial charge in [-0.2, -0.15) is 0 Å². The molecule has 2 aromatic rings. The van der Waals surface area contributed by atoms with Crippen LogP contribution in [0.1, 0.15) is 43.0 Å². The minimum absolute atomic E-state index is 0.482. The summed E-state index contributed by atoms with van der Waals surface area (Å²) in [6.45, 7) is 2.37. The number of piperidine rings is 1. The summed E-state index contributed by atoms with van der Waals surface area (Å²) in [5.41, 5.74) is 2.82. The lowest BCUT2D eigenvalue weighted by atomic mass is 9.84. The van der Waals surface area contributed by atoms with Crippen molar-refractivity contribution in [1.82, 2.24) is 5.32 Å². The Hall–Kier alpha value is -1.60. The summed E-state index contributed by atoms with van der Waals surface area (Å²) in [6, 6.07) is 22.6. The van der Waals surface area contributed by atoms with Crippen molar-refractivity contribution in [3.05, 3.63) is 71.8 Å². The summed E-state index contributed by atoms with van der Waals surface area (Å²) in [7, 11) is 0. The van der Waals surface area contributed by atoms with Gasteiger partial charge in [-0.15, -0.1) is 0 Å². The maximum absolute atomic E-state index is 3.82. The monoisotopic (exact) mass is 251 g/mol. The van der Waals surface area contributed by atoms with E-state index in [-0.39, 0.29) is 0 Å². The molecular formula is C18H21N. The maximum atomic E-state index is 3.82. The number of hydrogen-bond acceptors (Lipinski definition) is 1. The second-order valence-corrected chi connectivity index (χ2v) is 5.67. The van der Waals surface area contributed by atoms with E-state index >= 15 is 0 Å². The van der Waals surface area contributed by atoms with Crippen molar-refractivity contribution >= 4 is 0 Å². The summed E-state index contributed by atoms with van der Waals surface area (Å²) in [5, 5.41) is 3.82. The Morgan fingerprint density at radius 2 is 1.16 bits per heavy atom. The number of nitrogens with one attached hydrogen (secondary N) is 1. The molecule has 1 aliphatic rings. The van der Waals surface area contributed by atoms with Crippen molar-refractivity contribution in [2.24, 2.45) is 5.92 Å². The first kappa shape index (κ1) is 12.4. The first-order valence-electron chi connectivity index (χ1n) is 7.19.